The molecule has 0 amide bonds. The second kappa shape index (κ2) is 6.99. The van der Waals surface area contributed by atoms with E-state index in [1.807, 2.05) is 42.5 Å². The standard InChI is InChI=1S/C21H16N2O4/c24-21-16-6-2-1-5-14(16)9-11-18(21)17-7-3-4-8-19(17)27-20-12-10-15(13-22-20)23(25)26/h1-8,10,12-13,18H,9,11H2. The number of hydrogen-bond donors (Lipinski definition) is 0. The van der Waals surface area contributed by atoms with Gasteiger partial charge in [-0.1, -0.05) is 42.5 Å². The number of aryl methyl sites for hydroxylation is 1. The number of nitro groups is 1. The Morgan fingerprint density at radius 3 is 2.59 bits per heavy atom. The zero-order valence-corrected chi connectivity index (χ0v) is 14.4. The highest BCUT2D eigenvalue weighted by molar-refractivity contribution is 6.03. The summed E-state index contributed by atoms with van der Waals surface area (Å²) in [6.07, 6.45) is 2.70. The molecule has 3 aromatic rings. The molecule has 0 aliphatic heterocycles. The molecule has 6 nitrogen and oxygen atoms in total. The second-order valence-electron chi connectivity index (χ2n) is 6.36. The van der Waals surface area contributed by atoms with Crippen LogP contribution in [-0.2, 0) is 6.42 Å². The molecule has 134 valence electrons. The van der Waals surface area contributed by atoms with Crippen LogP contribution in [-0.4, -0.2) is 15.7 Å². The van der Waals surface area contributed by atoms with Crippen molar-refractivity contribution < 1.29 is 14.5 Å². The highest BCUT2D eigenvalue weighted by atomic mass is 16.6. The van der Waals surface area contributed by atoms with E-state index >= 15 is 0 Å². The number of ketones is 1. The summed E-state index contributed by atoms with van der Waals surface area (Å²) in [5.74, 6) is 0.590. The number of aromatic nitrogens is 1. The van der Waals surface area contributed by atoms with Crippen molar-refractivity contribution in [2.24, 2.45) is 0 Å². The minimum Gasteiger partial charge on any atom is -0.439 e. The maximum absolute atomic E-state index is 13.0. The lowest BCUT2D eigenvalue weighted by Crippen LogP contribution is -2.21. The average Bonchev–Trinajstić information content (AvgIpc) is 2.70. The van der Waals surface area contributed by atoms with Crippen LogP contribution in [0.2, 0.25) is 0 Å². The van der Waals surface area contributed by atoms with Crippen molar-refractivity contribution in [1.82, 2.24) is 4.98 Å². The molecular formula is C21H16N2O4. The number of rotatable bonds is 4. The molecule has 1 atom stereocenters. The van der Waals surface area contributed by atoms with Gasteiger partial charge in [0, 0.05) is 23.3 Å². The van der Waals surface area contributed by atoms with E-state index in [1.165, 1.54) is 12.1 Å². The maximum atomic E-state index is 13.0. The average molecular weight is 360 g/mol. The lowest BCUT2D eigenvalue weighted by Gasteiger charge is -2.25. The monoisotopic (exact) mass is 360 g/mol. The predicted molar refractivity (Wildman–Crippen MR) is 99.2 cm³/mol. The summed E-state index contributed by atoms with van der Waals surface area (Å²) < 4.78 is 5.85. The van der Waals surface area contributed by atoms with Gasteiger partial charge in [0.15, 0.2) is 5.78 Å². The van der Waals surface area contributed by atoms with Crippen molar-refractivity contribution in [2.45, 2.75) is 18.8 Å². The van der Waals surface area contributed by atoms with E-state index in [0.29, 0.717) is 12.2 Å². The van der Waals surface area contributed by atoms with Gasteiger partial charge in [0.1, 0.15) is 11.9 Å². The van der Waals surface area contributed by atoms with Crippen molar-refractivity contribution in [2.75, 3.05) is 0 Å². The van der Waals surface area contributed by atoms with Crippen LogP contribution < -0.4 is 4.74 Å². The van der Waals surface area contributed by atoms with Crippen LogP contribution in [0.4, 0.5) is 5.69 Å². The molecule has 0 bridgehead atoms. The number of fused-ring (bicyclic) bond motifs is 1. The van der Waals surface area contributed by atoms with Crippen molar-refractivity contribution >= 4 is 11.5 Å². The van der Waals surface area contributed by atoms with E-state index < -0.39 is 4.92 Å². The van der Waals surface area contributed by atoms with Crippen LogP contribution >= 0.6 is 0 Å². The number of benzene rings is 2. The largest absolute Gasteiger partial charge is 0.439 e. The van der Waals surface area contributed by atoms with Gasteiger partial charge in [0.25, 0.3) is 5.69 Å². The first-order valence-electron chi connectivity index (χ1n) is 8.63. The molecule has 0 saturated heterocycles. The Balaban J connectivity index is 1.64. The number of carbonyl (C=O) groups excluding carboxylic acids is 1. The zero-order valence-electron chi connectivity index (χ0n) is 14.4. The number of carbonyl (C=O) groups is 1. The number of para-hydroxylation sites is 1. The van der Waals surface area contributed by atoms with Crippen molar-refractivity contribution in [1.29, 1.82) is 0 Å². The van der Waals surface area contributed by atoms with E-state index in [4.69, 9.17) is 4.74 Å². The van der Waals surface area contributed by atoms with E-state index in [9.17, 15) is 14.9 Å². The maximum Gasteiger partial charge on any atom is 0.287 e. The third-order valence-corrected chi connectivity index (χ3v) is 4.74. The van der Waals surface area contributed by atoms with Gasteiger partial charge in [-0.2, -0.15) is 0 Å². The van der Waals surface area contributed by atoms with E-state index in [0.717, 1.165) is 29.3 Å². The van der Waals surface area contributed by atoms with Gasteiger partial charge in [-0.15, -0.1) is 0 Å². The van der Waals surface area contributed by atoms with Gasteiger partial charge in [0.05, 0.1) is 10.8 Å². The Bertz CT molecular complexity index is 1010. The fourth-order valence-electron chi connectivity index (χ4n) is 3.41. The predicted octanol–water partition coefficient (Wildman–Crippen LogP) is 4.69. The van der Waals surface area contributed by atoms with Gasteiger partial charge in [-0.05, 0) is 24.5 Å². The highest BCUT2D eigenvalue weighted by Crippen LogP contribution is 2.38. The summed E-state index contributed by atoms with van der Waals surface area (Å²) in [4.78, 5) is 27.2. The fraction of sp³-hybridized carbons (Fsp3) is 0.143. The van der Waals surface area contributed by atoms with Gasteiger partial charge < -0.3 is 4.74 Å². The van der Waals surface area contributed by atoms with Crippen molar-refractivity contribution in [3.05, 3.63) is 93.7 Å². The van der Waals surface area contributed by atoms with E-state index in [1.54, 1.807) is 6.07 Å². The summed E-state index contributed by atoms with van der Waals surface area (Å²) in [5.41, 5.74) is 2.54. The van der Waals surface area contributed by atoms with Gasteiger partial charge >= 0.3 is 0 Å². The molecule has 27 heavy (non-hydrogen) atoms. The molecule has 0 saturated carbocycles. The highest BCUT2D eigenvalue weighted by Gasteiger charge is 2.30. The summed E-state index contributed by atoms with van der Waals surface area (Å²) in [6, 6.07) is 17.8. The van der Waals surface area contributed by atoms with E-state index in [2.05, 4.69) is 4.98 Å². The molecule has 4 rings (SSSR count). The quantitative estimate of drug-likeness (QED) is 0.498. The topological polar surface area (TPSA) is 82.3 Å². The molecule has 1 aliphatic rings. The third kappa shape index (κ3) is 3.29. The first kappa shape index (κ1) is 16.9. The summed E-state index contributed by atoms with van der Waals surface area (Å²) in [7, 11) is 0. The van der Waals surface area contributed by atoms with Crippen LogP contribution in [0.5, 0.6) is 11.6 Å². The molecule has 1 heterocycles. The van der Waals surface area contributed by atoms with Gasteiger partial charge in [-0.25, -0.2) is 4.98 Å². The molecule has 2 aromatic carbocycles. The first-order valence-corrected chi connectivity index (χ1v) is 8.63. The molecular weight excluding hydrogens is 344 g/mol. The minimum atomic E-state index is -0.511. The third-order valence-electron chi connectivity index (χ3n) is 4.74. The molecule has 6 heteroatoms. The molecule has 0 N–H and O–H groups in total. The number of ether oxygens (including phenoxy) is 1. The number of Topliss-reactive ketones (excluding diaryl/α,β-unsaturated/α-hetero) is 1. The lowest BCUT2D eigenvalue weighted by atomic mass is 9.79. The van der Waals surface area contributed by atoms with Crippen LogP contribution in [0.3, 0.4) is 0 Å². The molecule has 1 aromatic heterocycles. The number of hydrogen-bond acceptors (Lipinski definition) is 5. The van der Waals surface area contributed by atoms with Crippen LogP contribution in [0.1, 0.15) is 33.8 Å². The van der Waals surface area contributed by atoms with Crippen molar-refractivity contribution in [3.63, 3.8) is 0 Å². The summed E-state index contributed by atoms with van der Waals surface area (Å²) >= 11 is 0. The smallest absolute Gasteiger partial charge is 0.287 e. The van der Waals surface area contributed by atoms with Gasteiger partial charge in [0.2, 0.25) is 5.88 Å². The Hall–Kier alpha value is -3.54. The molecule has 0 spiro atoms. The zero-order chi connectivity index (χ0) is 18.8. The van der Waals surface area contributed by atoms with Gasteiger partial charge in [-0.3, -0.25) is 14.9 Å². The minimum absolute atomic E-state index is 0.0876. The Kier molecular flexibility index (Phi) is 4.38. The van der Waals surface area contributed by atoms with Crippen molar-refractivity contribution in [3.8, 4) is 11.6 Å². The Labute approximate surface area is 155 Å². The molecule has 0 radical (unpaired) electrons. The first-order chi connectivity index (χ1) is 13.1. The molecule has 1 aliphatic carbocycles. The summed E-state index contributed by atoms with van der Waals surface area (Å²) in [5, 5.41) is 10.8. The summed E-state index contributed by atoms with van der Waals surface area (Å²) in [6.45, 7) is 0. The SMILES string of the molecule is O=C1c2ccccc2CCC1c1ccccc1Oc1ccc([N+](=O)[O-])cn1. The van der Waals surface area contributed by atoms with E-state index in [-0.39, 0.29) is 23.3 Å². The number of nitrogens with zero attached hydrogens (tertiary/aromatic N) is 2. The molecule has 1 unspecified atom stereocenters. The Morgan fingerprint density at radius 2 is 1.81 bits per heavy atom. The Morgan fingerprint density at radius 1 is 1.04 bits per heavy atom. The fourth-order valence-corrected chi connectivity index (χ4v) is 3.41. The van der Waals surface area contributed by atoms with Crippen LogP contribution in [0, 0.1) is 10.1 Å². The lowest BCUT2D eigenvalue weighted by molar-refractivity contribution is -0.385. The number of pyridine rings is 1. The normalized spacial score (nSPS) is 15.9. The molecule has 0 fully saturated rings. The van der Waals surface area contributed by atoms with Crippen LogP contribution in [0.15, 0.2) is 66.9 Å². The van der Waals surface area contributed by atoms with Crippen LogP contribution in [0.25, 0.3) is 0 Å². The second-order valence-corrected chi connectivity index (χ2v) is 6.36.